The summed E-state index contributed by atoms with van der Waals surface area (Å²) in [5.41, 5.74) is 0.850. The molecule has 4 N–H and O–H groups in total. The molecule has 0 aromatic heterocycles. The number of esters is 1. The Kier molecular flexibility index (Phi) is 27.2. The lowest BCUT2D eigenvalue weighted by Crippen LogP contribution is -2.48. The van der Waals surface area contributed by atoms with Crippen molar-refractivity contribution in [3.63, 3.8) is 0 Å². The standard InChI is InChI=1S/C39H66N4O6/c1-3-4-5-6-7-8-9-10-11-12-13-21-30-42-39(48)35(31-38(47)49-32-34-24-17-14-18-25-34)43-37(46)27-20-16-23-29-41-36(45)26-19-15-22-28-40-33(2)44/h14,17-18,24-25,35H,3-13,15-16,19-23,26-32H2,1-2H3,(H,40,44)(H,41,45)(H,42,48)(H,43,46)/t35-/m0/s1. The molecule has 0 radical (unpaired) electrons. The van der Waals surface area contributed by atoms with Gasteiger partial charge in [-0.05, 0) is 37.7 Å². The molecule has 0 aliphatic heterocycles. The van der Waals surface area contributed by atoms with E-state index in [-0.39, 0.29) is 43.1 Å². The topological polar surface area (TPSA) is 143 Å². The molecule has 0 aliphatic carbocycles. The maximum atomic E-state index is 13.0. The van der Waals surface area contributed by atoms with Crippen LogP contribution in [0.1, 0.15) is 154 Å². The molecule has 0 spiro atoms. The van der Waals surface area contributed by atoms with Gasteiger partial charge < -0.3 is 26.0 Å². The summed E-state index contributed by atoms with van der Waals surface area (Å²) in [6.07, 6.45) is 19.9. The molecule has 0 saturated carbocycles. The summed E-state index contributed by atoms with van der Waals surface area (Å²) in [4.78, 5) is 61.3. The third-order valence-corrected chi connectivity index (χ3v) is 8.45. The molecule has 0 heterocycles. The summed E-state index contributed by atoms with van der Waals surface area (Å²) >= 11 is 0. The van der Waals surface area contributed by atoms with Crippen LogP contribution >= 0.6 is 0 Å². The second-order valence-electron chi connectivity index (χ2n) is 13.1. The SMILES string of the molecule is CCCCCCCCCCCCCCNC(=O)[C@H](CC(=O)OCc1ccccc1)NC(=O)CCCCCNC(=O)CCCCCNC(C)=O. The predicted molar refractivity (Wildman–Crippen MR) is 196 cm³/mol. The number of rotatable bonds is 31. The molecular weight excluding hydrogens is 620 g/mol. The number of hydrogen-bond acceptors (Lipinski definition) is 6. The first-order valence-corrected chi connectivity index (χ1v) is 19.1. The van der Waals surface area contributed by atoms with Gasteiger partial charge in [0.15, 0.2) is 0 Å². The van der Waals surface area contributed by atoms with Gasteiger partial charge in [-0.15, -0.1) is 0 Å². The fourth-order valence-electron chi connectivity index (χ4n) is 5.50. The van der Waals surface area contributed by atoms with Crippen molar-refractivity contribution in [2.45, 2.75) is 161 Å². The highest BCUT2D eigenvalue weighted by atomic mass is 16.5. The minimum atomic E-state index is -0.995. The van der Waals surface area contributed by atoms with Gasteiger partial charge in [0.2, 0.25) is 23.6 Å². The van der Waals surface area contributed by atoms with Crippen LogP contribution in [0.15, 0.2) is 30.3 Å². The Balaban J connectivity index is 2.32. The normalized spacial score (nSPS) is 11.4. The first kappa shape index (κ1) is 43.6. The van der Waals surface area contributed by atoms with Crippen molar-refractivity contribution >= 4 is 29.6 Å². The minimum Gasteiger partial charge on any atom is -0.461 e. The smallest absolute Gasteiger partial charge is 0.308 e. The van der Waals surface area contributed by atoms with Gasteiger partial charge in [-0.1, -0.05) is 121 Å². The molecule has 1 aromatic carbocycles. The van der Waals surface area contributed by atoms with Crippen LogP contribution in [0.4, 0.5) is 0 Å². The van der Waals surface area contributed by atoms with Crippen LogP contribution in [0, 0.1) is 0 Å². The zero-order valence-electron chi connectivity index (χ0n) is 30.6. The van der Waals surface area contributed by atoms with Crippen LogP contribution in [0.25, 0.3) is 0 Å². The number of ether oxygens (including phenoxy) is 1. The Morgan fingerprint density at radius 1 is 0.592 bits per heavy atom. The second kappa shape index (κ2) is 30.6. The van der Waals surface area contributed by atoms with Crippen LogP contribution in [-0.2, 0) is 35.3 Å². The van der Waals surface area contributed by atoms with E-state index in [0.29, 0.717) is 32.5 Å². The molecule has 0 saturated heterocycles. The number of carbonyl (C=O) groups excluding carboxylic acids is 5. The molecule has 4 amide bonds. The summed E-state index contributed by atoms with van der Waals surface area (Å²) in [6, 6.07) is 8.34. The van der Waals surface area contributed by atoms with Crippen molar-refractivity contribution in [3.8, 4) is 0 Å². The van der Waals surface area contributed by atoms with Crippen molar-refractivity contribution < 1.29 is 28.7 Å². The fraction of sp³-hybridized carbons (Fsp3) is 0.718. The number of hydrogen-bond donors (Lipinski definition) is 4. The maximum absolute atomic E-state index is 13.0. The van der Waals surface area contributed by atoms with E-state index in [1.54, 1.807) is 0 Å². The Hall–Kier alpha value is -3.43. The second-order valence-corrected chi connectivity index (χ2v) is 13.1. The molecule has 49 heavy (non-hydrogen) atoms. The van der Waals surface area contributed by atoms with Gasteiger partial charge >= 0.3 is 5.97 Å². The number of benzene rings is 1. The molecule has 1 aromatic rings. The summed E-state index contributed by atoms with van der Waals surface area (Å²) in [7, 11) is 0. The number of unbranched alkanes of at least 4 members (excludes halogenated alkanes) is 15. The van der Waals surface area contributed by atoms with E-state index in [0.717, 1.165) is 56.9 Å². The highest BCUT2D eigenvalue weighted by Gasteiger charge is 2.24. The van der Waals surface area contributed by atoms with E-state index in [1.165, 1.54) is 64.7 Å². The van der Waals surface area contributed by atoms with Crippen LogP contribution in [0.3, 0.4) is 0 Å². The molecule has 1 rings (SSSR count). The Labute approximate surface area is 296 Å². The summed E-state index contributed by atoms with van der Waals surface area (Å²) < 4.78 is 5.39. The van der Waals surface area contributed by atoms with Gasteiger partial charge in [0, 0.05) is 39.4 Å². The van der Waals surface area contributed by atoms with E-state index < -0.39 is 12.0 Å². The summed E-state index contributed by atoms with van der Waals surface area (Å²) in [5, 5.41) is 11.3. The zero-order valence-corrected chi connectivity index (χ0v) is 30.6. The molecule has 0 fully saturated rings. The molecule has 0 unspecified atom stereocenters. The Morgan fingerprint density at radius 3 is 1.65 bits per heavy atom. The molecule has 10 nitrogen and oxygen atoms in total. The summed E-state index contributed by atoms with van der Waals surface area (Å²) in [6.45, 7) is 5.52. The Bertz CT molecular complexity index is 1040. The van der Waals surface area contributed by atoms with Gasteiger partial charge in [0.05, 0.1) is 6.42 Å². The van der Waals surface area contributed by atoms with Crippen molar-refractivity contribution in [2.75, 3.05) is 19.6 Å². The van der Waals surface area contributed by atoms with Gasteiger partial charge in [0.1, 0.15) is 12.6 Å². The molecule has 1 atom stereocenters. The average Bonchev–Trinajstić information content (AvgIpc) is 3.08. The van der Waals surface area contributed by atoms with Crippen molar-refractivity contribution in [3.05, 3.63) is 35.9 Å². The minimum absolute atomic E-state index is 0.00812. The lowest BCUT2D eigenvalue weighted by Gasteiger charge is -2.18. The van der Waals surface area contributed by atoms with Crippen LogP contribution < -0.4 is 21.3 Å². The van der Waals surface area contributed by atoms with Gasteiger partial charge in [0.25, 0.3) is 0 Å². The number of nitrogens with one attached hydrogen (secondary N) is 4. The van der Waals surface area contributed by atoms with E-state index in [1.807, 2.05) is 30.3 Å². The van der Waals surface area contributed by atoms with Gasteiger partial charge in [-0.25, -0.2) is 0 Å². The Morgan fingerprint density at radius 2 is 1.08 bits per heavy atom. The van der Waals surface area contributed by atoms with Gasteiger partial charge in [-0.3, -0.25) is 24.0 Å². The van der Waals surface area contributed by atoms with Gasteiger partial charge in [-0.2, -0.15) is 0 Å². The fourth-order valence-corrected chi connectivity index (χ4v) is 5.50. The number of carbonyl (C=O) groups is 5. The van der Waals surface area contributed by atoms with E-state index in [9.17, 15) is 24.0 Å². The van der Waals surface area contributed by atoms with E-state index >= 15 is 0 Å². The molecule has 10 heteroatoms. The average molecular weight is 687 g/mol. The predicted octanol–water partition coefficient (Wildman–Crippen LogP) is 6.80. The zero-order chi connectivity index (χ0) is 35.8. The quantitative estimate of drug-likeness (QED) is 0.0500. The highest BCUT2D eigenvalue weighted by molar-refractivity contribution is 5.90. The molecular formula is C39H66N4O6. The molecule has 278 valence electrons. The highest BCUT2D eigenvalue weighted by Crippen LogP contribution is 2.12. The third kappa shape index (κ3) is 27.1. The van der Waals surface area contributed by atoms with Crippen LogP contribution in [0.2, 0.25) is 0 Å². The van der Waals surface area contributed by atoms with Crippen LogP contribution in [0.5, 0.6) is 0 Å². The van der Waals surface area contributed by atoms with Crippen molar-refractivity contribution in [1.82, 2.24) is 21.3 Å². The first-order chi connectivity index (χ1) is 23.8. The van der Waals surface area contributed by atoms with E-state index in [2.05, 4.69) is 28.2 Å². The molecule has 0 aliphatic rings. The largest absolute Gasteiger partial charge is 0.461 e. The first-order valence-electron chi connectivity index (χ1n) is 19.1. The van der Waals surface area contributed by atoms with Crippen molar-refractivity contribution in [2.24, 2.45) is 0 Å². The van der Waals surface area contributed by atoms with E-state index in [4.69, 9.17) is 4.74 Å². The van der Waals surface area contributed by atoms with Crippen molar-refractivity contribution in [1.29, 1.82) is 0 Å². The lowest BCUT2D eigenvalue weighted by atomic mass is 10.1. The van der Waals surface area contributed by atoms with Crippen LogP contribution in [-0.4, -0.2) is 55.3 Å². The third-order valence-electron chi connectivity index (χ3n) is 8.45. The molecule has 0 bridgehead atoms. The summed E-state index contributed by atoms with van der Waals surface area (Å²) in [5.74, 6) is -1.23. The maximum Gasteiger partial charge on any atom is 0.308 e. The lowest BCUT2D eigenvalue weighted by molar-refractivity contribution is -0.147. The monoisotopic (exact) mass is 686 g/mol. The number of amides is 4.